The van der Waals surface area contributed by atoms with Gasteiger partial charge in [0.25, 0.3) is 0 Å². The van der Waals surface area contributed by atoms with E-state index in [2.05, 4.69) is 4.98 Å². The number of aliphatic hydroxyl groups excluding tert-OH is 1. The maximum absolute atomic E-state index is 13.3. The number of rotatable bonds is 8. The lowest BCUT2D eigenvalue weighted by Gasteiger charge is -2.42. The van der Waals surface area contributed by atoms with Crippen molar-refractivity contribution in [3.05, 3.63) is 64.9 Å². The Bertz CT molecular complexity index is 1220. The molecule has 0 spiro atoms. The molecule has 3 aliphatic rings. The van der Waals surface area contributed by atoms with Gasteiger partial charge >= 0.3 is 7.12 Å². The number of fused-ring (bicyclic) bond motifs is 3. The zero-order valence-corrected chi connectivity index (χ0v) is 21.3. The monoisotopic (exact) mass is 504 g/mol. The van der Waals surface area contributed by atoms with E-state index in [9.17, 15) is 19.7 Å². The van der Waals surface area contributed by atoms with E-state index in [0.717, 1.165) is 28.8 Å². The minimum atomic E-state index is -0.993. The van der Waals surface area contributed by atoms with Gasteiger partial charge in [-0.1, -0.05) is 18.6 Å². The first-order valence-electron chi connectivity index (χ1n) is 13.1. The number of nitrogens with zero attached hydrogens (tertiary/aromatic N) is 2. The molecule has 0 saturated carbocycles. The van der Waals surface area contributed by atoms with Crippen molar-refractivity contribution in [3.63, 3.8) is 0 Å². The number of furan rings is 1. The molecule has 2 aromatic heterocycles. The highest BCUT2D eigenvalue weighted by Gasteiger charge is 2.56. The van der Waals surface area contributed by atoms with Gasteiger partial charge in [-0.05, 0) is 86.3 Å². The first-order chi connectivity index (χ1) is 17.9. The molecule has 2 N–H and O–H groups in total. The Balaban J connectivity index is 1.42. The summed E-state index contributed by atoms with van der Waals surface area (Å²) >= 11 is 0. The van der Waals surface area contributed by atoms with Crippen LogP contribution >= 0.6 is 0 Å². The number of likely N-dealkylation sites (tertiary alicyclic amines) is 1. The number of hydrogen-bond donors (Lipinski definition) is 2. The fourth-order valence-electron chi connectivity index (χ4n) is 6.27. The predicted octanol–water partition coefficient (Wildman–Crippen LogP) is 3.71. The molecule has 5 rings (SSSR count). The van der Waals surface area contributed by atoms with Crippen LogP contribution in [0.15, 0.2) is 52.1 Å². The van der Waals surface area contributed by atoms with Gasteiger partial charge in [0.1, 0.15) is 18.1 Å². The molecular formula is C28H33BN2O6. The number of aromatic nitrogens is 1. The van der Waals surface area contributed by atoms with Crippen LogP contribution in [0.4, 0.5) is 0 Å². The Labute approximate surface area is 217 Å². The molecule has 0 unspecified atom stereocenters. The van der Waals surface area contributed by atoms with Crippen LogP contribution in [0.5, 0.6) is 0 Å². The number of carbonyl (C=O) groups is 2. The summed E-state index contributed by atoms with van der Waals surface area (Å²) in [6, 6.07) is 9.26. The van der Waals surface area contributed by atoms with Gasteiger partial charge in [-0.15, -0.1) is 0 Å². The SMILES string of the molecule is CCCN1C(=O)[C@@H]2[C@@H](CC(C)=C3[C@@H](CC/C(=C/c4ccc(CO)o4)c4ccccn4)OB(O)C[C@@H]32)C1=O. The topological polar surface area (TPSA) is 113 Å². The van der Waals surface area contributed by atoms with Crippen molar-refractivity contribution in [2.45, 2.75) is 58.6 Å². The number of imide groups is 1. The number of hydrogen-bond acceptors (Lipinski definition) is 7. The van der Waals surface area contributed by atoms with Crippen LogP contribution in [0, 0.1) is 17.8 Å². The summed E-state index contributed by atoms with van der Waals surface area (Å²) in [5, 5.41) is 20.0. The molecule has 2 saturated heterocycles. The maximum Gasteiger partial charge on any atom is 0.455 e. The number of amides is 2. The normalized spacial score (nSPS) is 26.1. The second kappa shape index (κ2) is 10.8. The maximum atomic E-state index is 13.3. The van der Waals surface area contributed by atoms with Crippen LogP contribution < -0.4 is 0 Å². The Kier molecular flexibility index (Phi) is 7.46. The average molecular weight is 504 g/mol. The van der Waals surface area contributed by atoms with Crippen molar-refractivity contribution in [1.29, 1.82) is 0 Å². The lowest BCUT2D eigenvalue weighted by molar-refractivity contribution is -0.140. The van der Waals surface area contributed by atoms with Gasteiger partial charge in [0.2, 0.25) is 11.8 Å². The Morgan fingerprint density at radius 2 is 2.05 bits per heavy atom. The molecule has 0 bridgehead atoms. The summed E-state index contributed by atoms with van der Waals surface area (Å²) in [6.45, 7) is 4.26. The summed E-state index contributed by atoms with van der Waals surface area (Å²) in [4.78, 5) is 32.3. The third-order valence-corrected chi connectivity index (χ3v) is 7.82. The summed E-state index contributed by atoms with van der Waals surface area (Å²) in [7, 11) is -0.993. The molecule has 194 valence electrons. The molecule has 4 heterocycles. The second-order valence-corrected chi connectivity index (χ2v) is 10.2. The van der Waals surface area contributed by atoms with E-state index in [4.69, 9.17) is 9.07 Å². The van der Waals surface area contributed by atoms with E-state index in [1.54, 1.807) is 12.3 Å². The highest BCUT2D eigenvalue weighted by molar-refractivity contribution is 6.43. The molecule has 9 heteroatoms. The van der Waals surface area contributed by atoms with E-state index in [1.807, 2.05) is 44.2 Å². The first-order valence-corrected chi connectivity index (χ1v) is 13.1. The highest BCUT2D eigenvalue weighted by Crippen LogP contribution is 2.50. The molecule has 0 aromatic carbocycles. The number of pyridine rings is 1. The zero-order chi connectivity index (χ0) is 26.1. The molecule has 4 atom stereocenters. The van der Waals surface area contributed by atoms with E-state index >= 15 is 0 Å². The minimum absolute atomic E-state index is 0.0751. The molecule has 0 radical (unpaired) electrons. The zero-order valence-electron chi connectivity index (χ0n) is 21.3. The van der Waals surface area contributed by atoms with Crippen LogP contribution in [0.1, 0.15) is 56.7 Å². The second-order valence-electron chi connectivity index (χ2n) is 10.2. The minimum Gasteiger partial charge on any atom is -0.459 e. The molecule has 2 aromatic rings. The van der Waals surface area contributed by atoms with E-state index in [1.165, 1.54) is 4.90 Å². The summed E-state index contributed by atoms with van der Waals surface area (Å²) < 4.78 is 11.7. The van der Waals surface area contributed by atoms with Gasteiger partial charge in [-0.3, -0.25) is 19.5 Å². The quantitative estimate of drug-likeness (QED) is 0.320. The van der Waals surface area contributed by atoms with Gasteiger partial charge < -0.3 is 19.2 Å². The molecular weight excluding hydrogens is 471 g/mol. The number of carbonyl (C=O) groups excluding carboxylic acids is 2. The van der Waals surface area contributed by atoms with Crippen molar-refractivity contribution in [1.82, 2.24) is 9.88 Å². The molecule has 1 aliphatic carbocycles. The first kappa shape index (κ1) is 25.6. The van der Waals surface area contributed by atoms with E-state index in [-0.39, 0.29) is 36.4 Å². The van der Waals surface area contributed by atoms with Gasteiger partial charge in [0.05, 0.1) is 23.6 Å². The number of aliphatic hydroxyl groups is 1. The van der Waals surface area contributed by atoms with Gasteiger partial charge in [-0.2, -0.15) is 0 Å². The molecule has 2 amide bonds. The molecule has 2 fully saturated rings. The summed E-state index contributed by atoms with van der Waals surface area (Å²) in [5.41, 5.74) is 3.89. The Morgan fingerprint density at radius 1 is 1.22 bits per heavy atom. The largest absolute Gasteiger partial charge is 0.459 e. The van der Waals surface area contributed by atoms with Crippen LogP contribution in [-0.4, -0.2) is 51.6 Å². The average Bonchev–Trinajstić information content (AvgIpc) is 3.45. The van der Waals surface area contributed by atoms with Crippen molar-refractivity contribution in [3.8, 4) is 0 Å². The lowest BCUT2D eigenvalue weighted by Crippen LogP contribution is -2.46. The van der Waals surface area contributed by atoms with Crippen LogP contribution in [0.2, 0.25) is 6.32 Å². The third kappa shape index (κ3) is 4.95. The smallest absolute Gasteiger partial charge is 0.455 e. The summed E-state index contributed by atoms with van der Waals surface area (Å²) in [6.07, 6.45) is 6.06. The van der Waals surface area contributed by atoms with E-state index in [0.29, 0.717) is 43.6 Å². The van der Waals surface area contributed by atoms with Crippen LogP contribution in [0.3, 0.4) is 0 Å². The van der Waals surface area contributed by atoms with Crippen LogP contribution in [0.25, 0.3) is 11.6 Å². The summed E-state index contributed by atoms with van der Waals surface area (Å²) in [5.74, 6) is -0.0507. The molecule has 8 nitrogen and oxygen atoms in total. The van der Waals surface area contributed by atoms with E-state index < -0.39 is 13.0 Å². The van der Waals surface area contributed by atoms with Gasteiger partial charge in [0, 0.05) is 12.7 Å². The fourth-order valence-corrected chi connectivity index (χ4v) is 6.27. The predicted molar refractivity (Wildman–Crippen MR) is 138 cm³/mol. The van der Waals surface area contributed by atoms with Gasteiger partial charge in [-0.25, -0.2) is 0 Å². The van der Waals surface area contributed by atoms with Crippen molar-refractivity contribution >= 4 is 30.6 Å². The number of allylic oxidation sites excluding steroid dienone is 2. The lowest BCUT2D eigenvalue weighted by atomic mass is 9.58. The van der Waals surface area contributed by atoms with Gasteiger partial charge in [0.15, 0.2) is 0 Å². The Hall–Kier alpha value is -3.01. The van der Waals surface area contributed by atoms with Crippen molar-refractivity contribution in [2.24, 2.45) is 17.8 Å². The standard InChI is InChI=1S/C28H33BN2O6/c1-3-12-31-27(33)21-13-17(2)25-22(26(21)28(31)34)15-29(35)37-24(25)10-7-18(23-6-4-5-11-30-23)14-19-8-9-20(16-32)36-19/h4-6,8-9,11,14,21-22,24,26,32,35H,3,7,10,12-13,15-16H2,1-2H3/b18-14-/t21-,22+,24-,26-/m1/s1. The third-order valence-electron chi connectivity index (χ3n) is 7.82. The highest BCUT2D eigenvalue weighted by atomic mass is 16.5. The van der Waals surface area contributed by atoms with Crippen molar-refractivity contribution < 1.29 is 28.8 Å². The van der Waals surface area contributed by atoms with Crippen molar-refractivity contribution in [2.75, 3.05) is 6.54 Å². The fraction of sp³-hybridized carbons (Fsp3) is 0.464. The van der Waals surface area contributed by atoms with Crippen LogP contribution in [-0.2, 0) is 20.9 Å². The Morgan fingerprint density at radius 3 is 2.76 bits per heavy atom. The molecule has 37 heavy (non-hydrogen) atoms. The molecule has 2 aliphatic heterocycles.